The van der Waals surface area contributed by atoms with E-state index in [2.05, 4.69) is 17.1 Å². The van der Waals surface area contributed by atoms with Crippen molar-refractivity contribution in [3.8, 4) is 11.5 Å². The summed E-state index contributed by atoms with van der Waals surface area (Å²) in [6, 6.07) is 3.96. The fourth-order valence-electron chi connectivity index (χ4n) is 5.05. The van der Waals surface area contributed by atoms with Crippen molar-refractivity contribution in [2.75, 3.05) is 33.1 Å². The summed E-state index contributed by atoms with van der Waals surface area (Å²) in [5.41, 5.74) is 12.1. The predicted octanol–water partition coefficient (Wildman–Crippen LogP) is 2.57. The third-order valence-electron chi connectivity index (χ3n) is 6.72. The summed E-state index contributed by atoms with van der Waals surface area (Å²) >= 11 is 0. The molecule has 0 bridgehead atoms. The lowest BCUT2D eigenvalue weighted by atomic mass is 9.83. The Balaban J connectivity index is 1.57. The van der Waals surface area contributed by atoms with Gasteiger partial charge in [0.25, 0.3) is 0 Å². The van der Waals surface area contributed by atoms with Crippen molar-refractivity contribution in [1.29, 1.82) is 0 Å². The molecule has 4 aliphatic heterocycles. The van der Waals surface area contributed by atoms with Gasteiger partial charge in [-0.05, 0) is 35.3 Å². The van der Waals surface area contributed by atoms with Crippen molar-refractivity contribution >= 4 is 22.7 Å². The highest BCUT2D eigenvalue weighted by Crippen LogP contribution is 2.45. The van der Waals surface area contributed by atoms with E-state index in [0.717, 1.165) is 63.6 Å². The second kappa shape index (κ2) is 6.82. The topological polar surface area (TPSA) is 90.1 Å². The van der Waals surface area contributed by atoms with E-state index in [4.69, 9.17) is 24.9 Å². The number of nitrogens with zero attached hydrogens (tertiary/aromatic N) is 2. The van der Waals surface area contributed by atoms with E-state index in [0.29, 0.717) is 26.2 Å². The SMILES string of the molecule is CC[C@@]1(O)COCC2=C1C=C1c3nc4cc5c(cc4c(/C=C/CN)c3CN1C2)OCO5. The van der Waals surface area contributed by atoms with Crippen LogP contribution in [0.5, 0.6) is 11.5 Å². The first-order valence-corrected chi connectivity index (χ1v) is 10.7. The normalized spacial score (nSPS) is 24.0. The largest absolute Gasteiger partial charge is 0.454 e. The molecule has 0 amide bonds. The Morgan fingerprint density at radius 1 is 1.26 bits per heavy atom. The minimum Gasteiger partial charge on any atom is -0.454 e. The standard InChI is InChI=1S/C24H25N3O4/c1-2-24(28)12-29-11-14-9-27-10-17-15(4-3-5-25)16-6-21-22(31-13-30-21)8-19(16)26-23(17)20(27)7-18(14)24/h3-4,6-8,28H,2,5,9-13,25H2,1H3/b4-3+/t24-/m1/s1. The maximum atomic E-state index is 11.2. The Morgan fingerprint density at radius 2 is 2.10 bits per heavy atom. The summed E-state index contributed by atoms with van der Waals surface area (Å²) in [5, 5.41) is 12.2. The highest BCUT2D eigenvalue weighted by atomic mass is 16.7. The molecule has 3 N–H and O–H groups in total. The maximum Gasteiger partial charge on any atom is 0.231 e. The Bertz CT molecular complexity index is 1200. The monoisotopic (exact) mass is 419 g/mol. The average molecular weight is 419 g/mol. The Kier molecular flexibility index (Phi) is 4.15. The van der Waals surface area contributed by atoms with Crippen LogP contribution >= 0.6 is 0 Å². The molecule has 0 unspecified atom stereocenters. The van der Waals surface area contributed by atoms with Gasteiger partial charge in [-0.3, -0.25) is 0 Å². The van der Waals surface area contributed by atoms with Crippen molar-refractivity contribution in [3.05, 3.63) is 52.3 Å². The highest BCUT2D eigenvalue weighted by molar-refractivity contribution is 5.95. The van der Waals surface area contributed by atoms with Crippen molar-refractivity contribution in [1.82, 2.24) is 9.88 Å². The number of fused-ring (bicyclic) bond motifs is 5. The Hall–Kier alpha value is -2.87. The third-order valence-corrected chi connectivity index (χ3v) is 6.72. The molecule has 0 radical (unpaired) electrons. The molecule has 6 rings (SSSR count). The molecule has 5 heterocycles. The van der Waals surface area contributed by atoms with Gasteiger partial charge in [-0.25, -0.2) is 4.98 Å². The van der Waals surface area contributed by atoms with Crippen LogP contribution in [0.1, 0.15) is 30.2 Å². The quantitative estimate of drug-likeness (QED) is 0.790. The first-order valence-electron chi connectivity index (χ1n) is 10.7. The average Bonchev–Trinajstić information content (AvgIpc) is 3.38. The molecule has 1 aromatic heterocycles. The lowest BCUT2D eigenvalue weighted by Gasteiger charge is -2.39. The van der Waals surface area contributed by atoms with Gasteiger partial charge < -0.3 is 30.0 Å². The van der Waals surface area contributed by atoms with E-state index >= 15 is 0 Å². The lowest BCUT2D eigenvalue weighted by molar-refractivity contribution is -0.0311. The zero-order valence-electron chi connectivity index (χ0n) is 17.5. The zero-order chi connectivity index (χ0) is 21.2. The third kappa shape index (κ3) is 2.74. The maximum absolute atomic E-state index is 11.2. The summed E-state index contributed by atoms with van der Waals surface area (Å²) in [5.74, 6) is 1.46. The van der Waals surface area contributed by atoms with Crippen molar-refractivity contribution in [2.24, 2.45) is 5.73 Å². The molecule has 0 fully saturated rings. The van der Waals surface area contributed by atoms with Crippen LogP contribution in [0.3, 0.4) is 0 Å². The van der Waals surface area contributed by atoms with E-state index in [-0.39, 0.29) is 6.79 Å². The highest BCUT2D eigenvalue weighted by Gasteiger charge is 2.40. The number of pyridine rings is 1. The van der Waals surface area contributed by atoms with E-state index in [9.17, 15) is 5.11 Å². The number of nitrogens with two attached hydrogens (primary N) is 1. The van der Waals surface area contributed by atoms with E-state index < -0.39 is 5.60 Å². The van der Waals surface area contributed by atoms with Crippen LogP contribution in [0, 0.1) is 0 Å². The minimum absolute atomic E-state index is 0.229. The molecule has 4 aliphatic rings. The number of aromatic nitrogens is 1. The molecule has 0 saturated carbocycles. The Labute approximate surface area is 180 Å². The van der Waals surface area contributed by atoms with Crippen LogP contribution in [0.25, 0.3) is 22.7 Å². The van der Waals surface area contributed by atoms with Gasteiger partial charge in [0.2, 0.25) is 6.79 Å². The molecule has 160 valence electrons. The van der Waals surface area contributed by atoms with E-state index in [1.165, 1.54) is 5.56 Å². The summed E-state index contributed by atoms with van der Waals surface area (Å²) < 4.78 is 16.9. The van der Waals surface area contributed by atoms with Crippen LogP contribution in [0.15, 0.2) is 35.4 Å². The van der Waals surface area contributed by atoms with Crippen LogP contribution < -0.4 is 15.2 Å². The number of ether oxygens (including phenoxy) is 3. The van der Waals surface area contributed by atoms with Crippen molar-refractivity contribution in [2.45, 2.75) is 25.5 Å². The Morgan fingerprint density at radius 3 is 2.90 bits per heavy atom. The molecule has 0 spiro atoms. The van der Waals surface area contributed by atoms with Gasteiger partial charge in [0.1, 0.15) is 5.60 Å². The van der Waals surface area contributed by atoms with E-state index in [1.807, 2.05) is 25.1 Å². The first kappa shape index (κ1) is 18.9. The van der Waals surface area contributed by atoms with Gasteiger partial charge >= 0.3 is 0 Å². The number of aliphatic hydroxyl groups is 1. The number of hydrogen-bond donors (Lipinski definition) is 2. The number of rotatable bonds is 3. The minimum atomic E-state index is -0.944. The smallest absolute Gasteiger partial charge is 0.231 e. The van der Waals surface area contributed by atoms with Gasteiger partial charge in [0, 0.05) is 36.7 Å². The van der Waals surface area contributed by atoms with Crippen molar-refractivity contribution < 1.29 is 19.3 Å². The first-order chi connectivity index (χ1) is 15.1. The van der Waals surface area contributed by atoms with E-state index in [1.54, 1.807) is 0 Å². The second-order valence-electron chi connectivity index (χ2n) is 8.49. The summed E-state index contributed by atoms with van der Waals surface area (Å²) in [7, 11) is 0. The van der Waals surface area contributed by atoms with Crippen LogP contribution in [0.2, 0.25) is 0 Å². The molecule has 7 heteroatoms. The second-order valence-corrected chi connectivity index (χ2v) is 8.49. The molecule has 1 atom stereocenters. The van der Waals surface area contributed by atoms with Gasteiger partial charge in [0.05, 0.1) is 30.1 Å². The fourth-order valence-corrected chi connectivity index (χ4v) is 5.05. The molecule has 1 aromatic carbocycles. The zero-order valence-corrected chi connectivity index (χ0v) is 17.5. The molecule has 2 aromatic rings. The molecule has 0 saturated heterocycles. The predicted molar refractivity (Wildman–Crippen MR) is 117 cm³/mol. The molecule has 31 heavy (non-hydrogen) atoms. The van der Waals surface area contributed by atoms with Crippen LogP contribution in [-0.2, 0) is 11.3 Å². The van der Waals surface area contributed by atoms with Gasteiger partial charge in [-0.2, -0.15) is 0 Å². The van der Waals surface area contributed by atoms with Gasteiger partial charge in [-0.1, -0.05) is 19.1 Å². The molecular weight excluding hydrogens is 394 g/mol. The van der Waals surface area contributed by atoms with Crippen molar-refractivity contribution in [3.63, 3.8) is 0 Å². The lowest BCUT2D eigenvalue weighted by Crippen LogP contribution is -2.43. The molecule has 7 nitrogen and oxygen atoms in total. The van der Waals surface area contributed by atoms with Crippen LogP contribution in [0.4, 0.5) is 0 Å². The van der Waals surface area contributed by atoms with Crippen LogP contribution in [-0.4, -0.2) is 53.7 Å². The molecular formula is C24H25N3O4. The summed E-state index contributed by atoms with van der Waals surface area (Å²) in [6.07, 6.45) is 6.79. The summed E-state index contributed by atoms with van der Waals surface area (Å²) in [6.45, 7) is 5.07. The number of hydrogen-bond acceptors (Lipinski definition) is 7. The van der Waals surface area contributed by atoms with Gasteiger partial charge in [0.15, 0.2) is 11.5 Å². The molecule has 0 aliphatic carbocycles. The van der Waals surface area contributed by atoms with Gasteiger partial charge in [-0.15, -0.1) is 0 Å². The number of benzene rings is 1. The fraction of sp³-hybridized carbons (Fsp3) is 0.375. The summed E-state index contributed by atoms with van der Waals surface area (Å²) in [4.78, 5) is 7.37.